The van der Waals surface area contributed by atoms with Crippen molar-refractivity contribution in [2.75, 3.05) is 0 Å². The van der Waals surface area contributed by atoms with Crippen molar-refractivity contribution in [2.45, 2.75) is 40.0 Å². The van der Waals surface area contributed by atoms with Crippen molar-refractivity contribution in [3.63, 3.8) is 0 Å². The van der Waals surface area contributed by atoms with Crippen LogP contribution >= 0.6 is 0 Å². The molecule has 0 saturated heterocycles. The Morgan fingerprint density at radius 1 is 0.733 bits per heavy atom. The third kappa shape index (κ3) is 4.74. The first kappa shape index (κ1) is 19.8. The first-order valence-corrected chi connectivity index (χ1v) is 10.3. The van der Waals surface area contributed by atoms with Gasteiger partial charge in [0, 0.05) is 42.1 Å². The minimum atomic E-state index is 0.964. The summed E-state index contributed by atoms with van der Waals surface area (Å²) < 4.78 is 0. The Bertz CT molecular complexity index is 1190. The fourth-order valence-corrected chi connectivity index (χ4v) is 3.63. The van der Waals surface area contributed by atoms with Gasteiger partial charge in [0.15, 0.2) is 0 Å². The zero-order valence-electron chi connectivity index (χ0n) is 17.7. The molecule has 5 heteroatoms. The van der Waals surface area contributed by atoms with Gasteiger partial charge >= 0.3 is 0 Å². The lowest BCUT2D eigenvalue weighted by Gasteiger charge is -1.97. The van der Waals surface area contributed by atoms with Gasteiger partial charge in [-0.05, 0) is 86.6 Å². The van der Waals surface area contributed by atoms with Gasteiger partial charge in [0.05, 0.1) is 11.0 Å². The fraction of sp³-hybridized carbons (Fsp3) is 0.240. The van der Waals surface area contributed by atoms with E-state index in [1.54, 1.807) is 0 Å². The van der Waals surface area contributed by atoms with Crippen molar-refractivity contribution in [2.24, 2.45) is 0 Å². The molecule has 0 aliphatic heterocycles. The summed E-state index contributed by atoms with van der Waals surface area (Å²) in [5.74, 6) is 0. The van der Waals surface area contributed by atoms with Gasteiger partial charge in [0.25, 0.3) is 0 Å². The highest BCUT2D eigenvalue weighted by Crippen LogP contribution is 2.19. The van der Waals surface area contributed by atoms with Gasteiger partial charge in [-0.25, -0.2) is 4.98 Å². The third-order valence-corrected chi connectivity index (χ3v) is 5.13. The molecule has 0 radical (unpaired) electrons. The van der Waals surface area contributed by atoms with Gasteiger partial charge in [-0.1, -0.05) is 6.07 Å². The van der Waals surface area contributed by atoms with E-state index in [-0.39, 0.29) is 0 Å². The zero-order valence-corrected chi connectivity index (χ0v) is 17.7. The fourth-order valence-electron chi connectivity index (χ4n) is 3.63. The second-order valence-corrected chi connectivity index (χ2v) is 7.82. The molecule has 5 nitrogen and oxygen atoms in total. The van der Waals surface area contributed by atoms with Gasteiger partial charge < -0.3 is 9.97 Å². The van der Waals surface area contributed by atoms with Crippen LogP contribution in [0.25, 0.3) is 22.1 Å². The molecule has 0 aromatic carbocycles. The molecule has 30 heavy (non-hydrogen) atoms. The van der Waals surface area contributed by atoms with Crippen LogP contribution in [-0.4, -0.2) is 24.9 Å². The summed E-state index contributed by atoms with van der Waals surface area (Å²) in [4.78, 5) is 18.9. The van der Waals surface area contributed by atoms with E-state index < -0.39 is 0 Å². The van der Waals surface area contributed by atoms with E-state index in [1.807, 2.05) is 57.0 Å². The van der Waals surface area contributed by atoms with Crippen LogP contribution in [0.5, 0.6) is 0 Å². The number of nitrogens with one attached hydrogen (secondary N) is 2. The maximum Gasteiger partial charge on any atom is 0.137 e. The van der Waals surface area contributed by atoms with Gasteiger partial charge in [-0.2, -0.15) is 0 Å². The minimum Gasteiger partial charge on any atom is -0.360 e. The number of H-pyrrole nitrogens is 2. The summed E-state index contributed by atoms with van der Waals surface area (Å²) in [5, 5.41) is 1.18. The molecule has 5 aromatic heterocycles. The second kappa shape index (κ2) is 8.91. The number of nitrogens with zero attached hydrogens (tertiary/aromatic N) is 3. The van der Waals surface area contributed by atoms with Crippen LogP contribution < -0.4 is 0 Å². The maximum absolute atomic E-state index is 4.36. The third-order valence-electron chi connectivity index (χ3n) is 5.13. The van der Waals surface area contributed by atoms with Crippen molar-refractivity contribution < 1.29 is 0 Å². The summed E-state index contributed by atoms with van der Waals surface area (Å²) in [6.07, 6.45) is 13.2. The molecule has 0 saturated carbocycles. The van der Waals surface area contributed by atoms with Crippen LogP contribution in [0, 0.1) is 20.8 Å². The number of pyridine rings is 3. The summed E-state index contributed by atoms with van der Waals surface area (Å²) >= 11 is 0. The monoisotopic (exact) mass is 397 g/mol. The Kier molecular flexibility index (Phi) is 5.89. The highest BCUT2D eigenvalue weighted by atomic mass is 14.8. The number of fused-ring (bicyclic) bond motifs is 3. The predicted molar refractivity (Wildman–Crippen MR) is 123 cm³/mol. The normalized spacial score (nSPS) is 12.1. The molecule has 0 fully saturated rings. The molecular formula is C25H27N5. The molecule has 1 aliphatic rings. The number of aryl methyl sites for hydroxylation is 5. The average Bonchev–Trinajstić information content (AvgIpc) is 3.48. The number of hydrogen-bond acceptors (Lipinski definition) is 3. The highest BCUT2D eigenvalue weighted by Gasteiger charge is 2.10. The molecular weight excluding hydrogens is 370 g/mol. The SMILES string of the molecule is Cc1cnc2[nH]ccc2c1.Cc1cnc2c(c1)CCC2.Cc1cnc2cc[nH]c2c1. The smallest absolute Gasteiger partial charge is 0.137 e. The number of rotatable bonds is 0. The van der Waals surface area contributed by atoms with Crippen LogP contribution in [0.2, 0.25) is 0 Å². The van der Waals surface area contributed by atoms with Gasteiger partial charge in [0.1, 0.15) is 5.65 Å². The average molecular weight is 398 g/mol. The molecule has 2 N–H and O–H groups in total. The molecule has 0 unspecified atom stereocenters. The second-order valence-electron chi connectivity index (χ2n) is 7.82. The molecule has 1 aliphatic carbocycles. The van der Waals surface area contributed by atoms with E-state index in [9.17, 15) is 0 Å². The highest BCUT2D eigenvalue weighted by molar-refractivity contribution is 5.75. The molecule has 0 bridgehead atoms. The van der Waals surface area contributed by atoms with Crippen LogP contribution in [-0.2, 0) is 12.8 Å². The standard InChI is InChI=1S/C9H11N.2C8H8N2/c1-7-5-8-3-2-4-9(8)10-6-7;1-6-4-8-7(10-5-6)2-3-9-8;1-6-4-7-2-3-9-8(7)10-5-6/h5-6H,2-4H2,1H3;2-5,9H,1H3;2-5H,1H3,(H,9,10). The van der Waals surface area contributed by atoms with Crippen LogP contribution in [0.15, 0.2) is 61.3 Å². The molecule has 152 valence electrons. The molecule has 0 atom stereocenters. The van der Waals surface area contributed by atoms with Crippen molar-refractivity contribution in [3.05, 3.63) is 89.3 Å². The quantitative estimate of drug-likeness (QED) is 0.356. The van der Waals surface area contributed by atoms with E-state index in [4.69, 9.17) is 0 Å². The topological polar surface area (TPSA) is 70.2 Å². The van der Waals surface area contributed by atoms with Crippen LogP contribution in [0.1, 0.15) is 34.4 Å². The van der Waals surface area contributed by atoms with Gasteiger partial charge in [0.2, 0.25) is 0 Å². The van der Waals surface area contributed by atoms with Crippen molar-refractivity contribution in [1.82, 2.24) is 24.9 Å². The first-order chi connectivity index (χ1) is 14.6. The Morgan fingerprint density at radius 3 is 2.37 bits per heavy atom. The number of hydrogen-bond donors (Lipinski definition) is 2. The molecule has 0 amide bonds. The Morgan fingerprint density at radius 2 is 1.47 bits per heavy atom. The summed E-state index contributed by atoms with van der Waals surface area (Å²) in [7, 11) is 0. The minimum absolute atomic E-state index is 0.964. The first-order valence-electron chi connectivity index (χ1n) is 10.3. The predicted octanol–water partition coefficient (Wildman–Crippen LogP) is 5.62. The molecule has 0 spiro atoms. The van der Waals surface area contributed by atoms with Crippen LogP contribution in [0.3, 0.4) is 0 Å². The summed E-state index contributed by atoms with van der Waals surface area (Å²) in [5.41, 5.74) is 9.59. The molecule has 5 aromatic rings. The summed E-state index contributed by atoms with van der Waals surface area (Å²) in [6.45, 7) is 6.18. The maximum atomic E-state index is 4.36. The van der Waals surface area contributed by atoms with E-state index in [2.05, 4.69) is 50.0 Å². The number of aromatic nitrogens is 5. The van der Waals surface area contributed by atoms with Crippen LogP contribution in [0.4, 0.5) is 0 Å². The Balaban J connectivity index is 0.000000109. The zero-order chi connectivity index (χ0) is 20.9. The Labute approximate surface area is 176 Å². The van der Waals surface area contributed by atoms with E-state index >= 15 is 0 Å². The van der Waals surface area contributed by atoms with E-state index in [0.29, 0.717) is 0 Å². The van der Waals surface area contributed by atoms with Crippen molar-refractivity contribution in [3.8, 4) is 0 Å². The van der Waals surface area contributed by atoms with Gasteiger partial charge in [-0.3, -0.25) is 9.97 Å². The largest absolute Gasteiger partial charge is 0.360 e. The van der Waals surface area contributed by atoms with E-state index in [0.717, 1.165) is 16.7 Å². The number of aromatic amines is 2. The lowest BCUT2D eigenvalue weighted by atomic mass is 10.2. The lowest BCUT2D eigenvalue weighted by molar-refractivity contribution is 0.899. The summed E-state index contributed by atoms with van der Waals surface area (Å²) in [6, 6.07) is 10.4. The van der Waals surface area contributed by atoms with Crippen molar-refractivity contribution in [1.29, 1.82) is 0 Å². The Hall–Kier alpha value is -3.47. The van der Waals surface area contributed by atoms with Gasteiger partial charge in [-0.15, -0.1) is 0 Å². The van der Waals surface area contributed by atoms with E-state index in [1.165, 1.54) is 52.6 Å². The van der Waals surface area contributed by atoms with Crippen molar-refractivity contribution >= 4 is 22.1 Å². The lowest BCUT2D eigenvalue weighted by Crippen LogP contribution is -1.87. The molecule has 5 heterocycles. The molecule has 6 rings (SSSR count).